The quantitative estimate of drug-likeness (QED) is 0.792. The Morgan fingerprint density at radius 3 is 2.81 bits per heavy atom. The fraction of sp³-hybridized carbons (Fsp3) is 0.667. The molecule has 3 N–H and O–H groups in total. The molecule has 0 bridgehead atoms. The van der Waals surface area contributed by atoms with Crippen molar-refractivity contribution in [2.45, 2.75) is 31.8 Å². The van der Waals surface area contributed by atoms with Crippen LogP contribution in [-0.4, -0.2) is 35.7 Å². The first-order chi connectivity index (χ1) is 7.77. The van der Waals surface area contributed by atoms with Crippen LogP contribution in [0.4, 0.5) is 0 Å². The summed E-state index contributed by atoms with van der Waals surface area (Å²) in [4.78, 5) is 3.74. The van der Waals surface area contributed by atoms with Gasteiger partial charge in [-0.3, -0.25) is 4.90 Å². The van der Waals surface area contributed by atoms with Crippen LogP contribution in [0.3, 0.4) is 0 Å². The maximum atomic E-state index is 9.15. The Morgan fingerprint density at radius 2 is 2.38 bits per heavy atom. The van der Waals surface area contributed by atoms with Gasteiger partial charge >= 0.3 is 0 Å². The molecular weight excluding hydrogens is 220 g/mol. The molecule has 0 radical (unpaired) electrons. The van der Waals surface area contributed by atoms with Crippen molar-refractivity contribution in [3.8, 4) is 0 Å². The zero-order valence-electron chi connectivity index (χ0n) is 9.72. The van der Waals surface area contributed by atoms with Gasteiger partial charge in [-0.1, -0.05) is 0 Å². The van der Waals surface area contributed by atoms with Gasteiger partial charge < -0.3 is 10.8 Å². The third kappa shape index (κ3) is 2.46. The maximum Gasteiger partial charge on any atom is 0.0570 e. The zero-order valence-corrected chi connectivity index (χ0v) is 10.5. The van der Waals surface area contributed by atoms with Crippen LogP contribution in [-0.2, 0) is 0 Å². The molecule has 1 aliphatic carbocycles. The van der Waals surface area contributed by atoms with Crippen LogP contribution in [0.1, 0.15) is 29.3 Å². The highest BCUT2D eigenvalue weighted by molar-refractivity contribution is 7.10. The minimum absolute atomic E-state index is 0.220. The second kappa shape index (κ2) is 5.27. The molecule has 16 heavy (non-hydrogen) atoms. The molecule has 1 heterocycles. The summed E-state index contributed by atoms with van der Waals surface area (Å²) in [6, 6.07) is 3.08. The van der Waals surface area contributed by atoms with Crippen molar-refractivity contribution in [3.05, 3.63) is 21.9 Å². The topological polar surface area (TPSA) is 49.5 Å². The molecule has 0 aliphatic heterocycles. The third-order valence-corrected chi connectivity index (χ3v) is 4.32. The Balaban J connectivity index is 2.16. The van der Waals surface area contributed by atoms with E-state index in [0.717, 1.165) is 6.54 Å². The number of aliphatic hydroxyl groups excluding tert-OH is 1. The maximum absolute atomic E-state index is 9.15. The summed E-state index contributed by atoms with van der Waals surface area (Å²) >= 11 is 1.78. The highest BCUT2D eigenvalue weighted by atomic mass is 32.1. The Hall–Kier alpha value is -0.420. The van der Waals surface area contributed by atoms with Crippen molar-refractivity contribution in [3.63, 3.8) is 0 Å². The number of rotatable bonds is 6. The van der Waals surface area contributed by atoms with Gasteiger partial charge in [0.05, 0.1) is 12.6 Å². The molecular formula is C12H20N2OS. The number of nitrogens with two attached hydrogens (primary N) is 1. The molecule has 2 rings (SSSR count). The smallest absolute Gasteiger partial charge is 0.0570 e. The van der Waals surface area contributed by atoms with E-state index in [-0.39, 0.29) is 6.61 Å². The molecule has 90 valence electrons. The van der Waals surface area contributed by atoms with Crippen LogP contribution in [0.5, 0.6) is 0 Å². The average Bonchev–Trinajstić information content (AvgIpc) is 3.03. The van der Waals surface area contributed by atoms with E-state index in [0.29, 0.717) is 18.6 Å². The Bertz CT molecular complexity index is 336. The van der Waals surface area contributed by atoms with E-state index in [1.165, 1.54) is 23.3 Å². The Kier molecular flexibility index (Phi) is 3.97. The molecule has 1 aromatic heterocycles. The lowest BCUT2D eigenvalue weighted by Crippen LogP contribution is -2.37. The first-order valence-electron chi connectivity index (χ1n) is 5.88. The van der Waals surface area contributed by atoms with Crippen LogP contribution >= 0.6 is 11.3 Å². The van der Waals surface area contributed by atoms with E-state index >= 15 is 0 Å². The Morgan fingerprint density at radius 1 is 1.62 bits per heavy atom. The summed E-state index contributed by atoms with van der Waals surface area (Å²) in [6.45, 7) is 3.73. The highest BCUT2D eigenvalue weighted by Gasteiger charge is 2.34. The van der Waals surface area contributed by atoms with Crippen molar-refractivity contribution in [1.29, 1.82) is 0 Å². The first-order valence-corrected chi connectivity index (χ1v) is 6.76. The second-order valence-electron chi connectivity index (χ2n) is 4.41. The fourth-order valence-corrected chi connectivity index (χ4v) is 3.29. The molecule has 0 spiro atoms. The van der Waals surface area contributed by atoms with E-state index in [9.17, 15) is 0 Å². The van der Waals surface area contributed by atoms with E-state index in [1.54, 1.807) is 11.3 Å². The van der Waals surface area contributed by atoms with Crippen LogP contribution in [0, 0.1) is 6.92 Å². The monoisotopic (exact) mass is 240 g/mol. The number of hydrogen-bond donors (Lipinski definition) is 2. The van der Waals surface area contributed by atoms with Crippen LogP contribution in [0.25, 0.3) is 0 Å². The van der Waals surface area contributed by atoms with Crippen molar-refractivity contribution in [1.82, 2.24) is 4.90 Å². The molecule has 1 atom stereocenters. The molecule has 1 saturated carbocycles. The molecule has 1 unspecified atom stereocenters. The van der Waals surface area contributed by atoms with E-state index < -0.39 is 0 Å². The molecule has 1 aliphatic rings. The lowest BCUT2D eigenvalue weighted by atomic mass is 10.1. The predicted octanol–water partition coefficient (Wildman–Crippen LogP) is 1.51. The van der Waals surface area contributed by atoms with Gasteiger partial charge in [0, 0.05) is 24.0 Å². The van der Waals surface area contributed by atoms with Crippen molar-refractivity contribution in [2.24, 2.45) is 5.73 Å². The number of aliphatic hydroxyl groups is 1. The molecule has 0 amide bonds. The lowest BCUT2D eigenvalue weighted by molar-refractivity contribution is 0.147. The van der Waals surface area contributed by atoms with Gasteiger partial charge in [-0.15, -0.1) is 11.3 Å². The summed E-state index contributed by atoms with van der Waals surface area (Å²) in [5.41, 5.74) is 7.24. The minimum Gasteiger partial charge on any atom is -0.395 e. The minimum atomic E-state index is 0.220. The number of thiophene rings is 1. The average molecular weight is 240 g/mol. The highest BCUT2D eigenvalue weighted by Crippen LogP contribution is 2.36. The molecule has 0 aromatic carbocycles. The largest absolute Gasteiger partial charge is 0.395 e. The van der Waals surface area contributed by atoms with Gasteiger partial charge in [-0.05, 0) is 36.8 Å². The molecule has 3 nitrogen and oxygen atoms in total. The predicted molar refractivity (Wildman–Crippen MR) is 67.7 cm³/mol. The molecule has 0 saturated heterocycles. The van der Waals surface area contributed by atoms with Crippen LogP contribution < -0.4 is 5.73 Å². The van der Waals surface area contributed by atoms with Crippen LogP contribution in [0.15, 0.2) is 11.4 Å². The van der Waals surface area contributed by atoms with Gasteiger partial charge in [-0.25, -0.2) is 0 Å². The van der Waals surface area contributed by atoms with Crippen LogP contribution in [0.2, 0.25) is 0 Å². The van der Waals surface area contributed by atoms with Gasteiger partial charge in [0.25, 0.3) is 0 Å². The fourth-order valence-electron chi connectivity index (χ4n) is 2.23. The summed E-state index contributed by atoms with van der Waals surface area (Å²) in [7, 11) is 0. The lowest BCUT2D eigenvalue weighted by Gasteiger charge is -2.30. The molecule has 4 heteroatoms. The summed E-state index contributed by atoms with van der Waals surface area (Å²) in [5, 5.41) is 11.3. The zero-order chi connectivity index (χ0) is 11.5. The number of hydrogen-bond acceptors (Lipinski definition) is 4. The van der Waals surface area contributed by atoms with Crippen molar-refractivity contribution in [2.75, 3.05) is 19.7 Å². The number of nitrogens with zero attached hydrogens (tertiary/aromatic N) is 1. The van der Waals surface area contributed by atoms with Gasteiger partial charge in [0.15, 0.2) is 0 Å². The van der Waals surface area contributed by atoms with E-state index in [2.05, 4.69) is 23.3 Å². The van der Waals surface area contributed by atoms with E-state index in [1.807, 2.05) is 0 Å². The summed E-state index contributed by atoms with van der Waals surface area (Å²) in [5.74, 6) is 0. The number of aryl methyl sites for hydroxylation is 1. The second-order valence-corrected chi connectivity index (χ2v) is 5.36. The summed E-state index contributed by atoms with van der Waals surface area (Å²) < 4.78 is 0. The van der Waals surface area contributed by atoms with Gasteiger partial charge in [0.2, 0.25) is 0 Å². The van der Waals surface area contributed by atoms with Gasteiger partial charge in [0.1, 0.15) is 0 Å². The van der Waals surface area contributed by atoms with Crippen molar-refractivity contribution < 1.29 is 5.11 Å². The standard InChI is InChI=1S/C12H20N2OS/c1-9-4-7-16-12(9)11(8-13)14(5-6-15)10-2-3-10/h4,7,10-11,15H,2-3,5-6,8,13H2,1H3. The third-order valence-electron chi connectivity index (χ3n) is 3.20. The van der Waals surface area contributed by atoms with E-state index in [4.69, 9.17) is 10.8 Å². The SMILES string of the molecule is Cc1ccsc1C(CN)N(CCO)C1CC1. The normalized spacial score (nSPS) is 18.0. The van der Waals surface area contributed by atoms with Gasteiger partial charge in [-0.2, -0.15) is 0 Å². The first kappa shape index (κ1) is 12.0. The summed E-state index contributed by atoms with van der Waals surface area (Å²) in [6.07, 6.45) is 2.50. The Labute approximate surface area is 101 Å². The van der Waals surface area contributed by atoms with Crippen molar-refractivity contribution >= 4 is 11.3 Å². The molecule has 1 aromatic rings. The molecule has 1 fully saturated rings.